The van der Waals surface area contributed by atoms with Crippen molar-refractivity contribution in [2.45, 2.75) is 24.2 Å². The number of esters is 1. The third-order valence-corrected chi connectivity index (χ3v) is 4.13. The first-order valence-corrected chi connectivity index (χ1v) is 7.13. The minimum Gasteiger partial charge on any atom is -0.465 e. The van der Waals surface area contributed by atoms with Crippen LogP contribution in [0, 0.1) is 0 Å². The number of alkyl halides is 1. The molecule has 1 aliphatic heterocycles. The number of aliphatic imine (C=N–C) groups is 1. The van der Waals surface area contributed by atoms with E-state index in [9.17, 15) is 4.79 Å². The highest BCUT2D eigenvalue weighted by molar-refractivity contribution is 8.15. The second-order valence-electron chi connectivity index (χ2n) is 4.05. The van der Waals surface area contributed by atoms with Crippen molar-refractivity contribution in [3.05, 3.63) is 30.3 Å². The molecule has 0 saturated carbocycles. The van der Waals surface area contributed by atoms with Crippen LogP contribution in [0.4, 0.5) is 5.69 Å². The van der Waals surface area contributed by atoms with Crippen LogP contribution in [0.25, 0.3) is 0 Å². The van der Waals surface area contributed by atoms with Crippen LogP contribution in [-0.4, -0.2) is 28.1 Å². The first kappa shape index (κ1) is 14.2. The van der Waals surface area contributed by atoms with Gasteiger partial charge in [0.2, 0.25) is 5.06 Å². The lowest BCUT2D eigenvalue weighted by Crippen LogP contribution is -2.35. The Morgan fingerprint density at radius 3 is 2.84 bits per heavy atom. The molecular formula is C13H14ClNO3S. The lowest BCUT2D eigenvalue weighted by molar-refractivity contribution is -0.144. The molecule has 0 spiro atoms. The monoisotopic (exact) mass is 299 g/mol. The Kier molecular flexibility index (Phi) is 4.37. The van der Waals surface area contributed by atoms with Gasteiger partial charge in [-0.05, 0) is 37.7 Å². The summed E-state index contributed by atoms with van der Waals surface area (Å²) in [6, 6.07) is 9.35. The van der Waals surface area contributed by atoms with E-state index in [4.69, 9.17) is 21.1 Å². The lowest BCUT2D eigenvalue weighted by atomic mass is 10.3. The SMILES string of the molecule is CCOC(=O)C1SC(=Nc2ccccc2)OC1(C)Cl. The van der Waals surface area contributed by atoms with E-state index >= 15 is 0 Å². The number of thioether (sulfide) groups is 1. The van der Waals surface area contributed by atoms with E-state index in [1.807, 2.05) is 30.3 Å². The van der Waals surface area contributed by atoms with Crippen molar-refractivity contribution in [1.82, 2.24) is 0 Å². The number of ether oxygens (including phenoxy) is 2. The third-order valence-electron chi connectivity index (χ3n) is 2.45. The molecule has 1 aliphatic rings. The van der Waals surface area contributed by atoms with Crippen molar-refractivity contribution in [1.29, 1.82) is 0 Å². The van der Waals surface area contributed by atoms with Gasteiger partial charge in [0.25, 0.3) is 5.23 Å². The van der Waals surface area contributed by atoms with Crippen LogP contribution in [0.1, 0.15) is 13.8 Å². The third kappa shape index (κ3) is 3.42. The number of nitrogens with zero attached hydrogens (tertiary/aromatic N) is 1. The van der Waals surface area contributed by atoms with Crippen molar-refractivity contribution >= 4 is 40.2 Å². The van der Waals surface area contributed by atoms with Gasteiger partial charge < -0.3 is 9.47 Å². The summed E-state index contributed by atoms with van der Waals surface area (Å²) in [5, 5.41) is -1.37. The molecule has 1 aromatic rings. The van der Waals surface area contributed by atoms with Crippen LogP contribution in [-0.2, 0) is 14.3 Å². The summed E-state index contributed by atoms with van der Waals surface area (Å²) in [6.07, 6.45) is 0. The van der Waals surface area contributed by atoms with Gasteiger partial charge in [-0.2, -0.15) is 0 Å². The number of halogens is 1. The lowest BCUT2D eigenvalue weighted by Gasteiger charge is -2.19. The minimum absolute atomic E-state index is 0.314. The standard InChI is InChI=1S/C13H14ClNO3S/c1-3-17-11(16)10-13(2,14)18-12(19-10)15-9-7-5-4-6-8-9/h4-8,10H,3H2,1-2H3. The molecule has 6 heteroatoms. The Bertz CT molecular complexity index is 490. The maximum atomic E-state index is 11.8. The van der Waals surface area contributed by atoms with E-state index in [0.717, 1.165) is 5.69 Å². The van der Waals surface area contributed by atoms with Crippen LogP contribution < -0.4 is 0 Å². The van der Waals surface area contributed by atoms with Crippen LogP contribution in [0.15, 0.2) is 35.3 Å². The van der Waals surface area contributed by atoms with Crippen molar-refractivity contribution < 1.29 is 14.3 Å². The maximum absolute atomic E-state index is 11.8. The summed E-state index contributed by atoms with van der Waals surface area (Å²) in [6.45, 7) is 3.70. The first-order chi connectivity index (χ1) is 9.03. The quantitative estimate of drug-likeness (QED) is 0.634. The van der Waals surface area contributed by atoms with Gasteiger partial charge in [0.05, 0.1) is 12.3 Å². The summed E-state index contributed by atoms with van der Waals surface area (Å²) in [5.74, 6) is -0.386. The molecule has 0 bridgehead atoms. The van der Waals surface area contributed by atoms with Gasteiger partial charge in [-0.3, -0.25) is 4.79 Å². The molecule has 4 nitrogen and oxygen atoms in total. The van der Waals surface area contributed by atoms with E-state index in [0.29, 0.717) is 11.8 Å². The molecule has 2 atom stereocenters. The number of rotatable bonds is 3. The Balaban J connectivity index is 2.16. The Labute approximate surface area is 121 Å². The highest BCUT2D eigenvalue weighted by Crippen LogP contribution is 2.41. The molecule has 1 saturated heterocycles. The Hall–Kier alpha value is -1.20. The van der Waals surface area contributed by atoms with Crippen LogP contribution in [0.5, 0.6) is 0 Å². The predicted octanol–water partition coefficient (Wildman–Crippen LogP) is 3.32. The molecule has 2 rings (SSSR count). The first-order valence-electron chi connectivity index (χ1n) is 5.88. The van der Waals surface area contributed by atoms with E-state index in [1.54, 1.807) is 13.8 Å². The fraction of sp³-hybridized carbons (Fsp3) is 0.385. The average Bonchev–Trinajstić information content (AvgIpc) is 2.66. The van der Waals surface area contributed by atoms with E-state index in [-0.39, 0.29) is 5.97 Å². The molecule has 19 heavy (non-hydrogen) atoms. The highest BCUT2D eigenvalue weighted by Gasteiger charge is 2.49. The summed E-state index contributed by atoms with van der Waals surface area (Å²) in [4.78, 5) is 16.1. The zero-order valence-corrected chi connectivity index (χ0v) is 12.2. The number of hydrogen-bond acceptors (Lipinski definition) is 5. The van der Waals surface area contributed by atoms with E-state index < -0.39 is 10.3 Å². The molecule has 0 radical (unpaired) electrons. The number of carbonyl (C=O) groups is 1. The molecular weight excluding hydrogens is 286 g/mol. The Morgan fingerprint density at radius 1 is 1.53 bits per heavy atom. The fourth-order valence-corrected chi connectivity index (χ4v) is 2.93. The van der Waals surface area contributed by atoms with Crippen molar-refractivity contribution in [3.8, 4) is 0 Å². The van der Waals surface area contributed by atoms with Gasteiger partial charge >= 0.3 is 5.97 Å². The summed E-state index contributed by atoms with van der Waals surface area (Å²) < 4.78 is 10.5. The average molecular weight is 300 g/mol. The molecule has 0 amide bonds. The van der Waals surface area contributed by atoms with Crippen molar-refractivity contribution in [3.63, 3.8) is 0 Å². The van der Waals surface area contributed by atoms with Crippen molar-refractivity contribution in [2.75, 3.05) is 6.61 Å². The predicted molar refractivity (Wildman–Crippen MR) is 76.9 cm³/mol. The van der Waals surface area contributed by atoms with Gasteiger partial charge in [-0.15, -0.1) is 0 Å². The Morgan fingerprint density at radius 2 is 2.21 bits per heavy atom. The van der Waals surface area contributed by atoms with Gasteiger partial charge in [-0.25, -0.2) is 4.99 Å². The molecule has 102 valence electrons. The molecule has 1 heterocycles. The topological polar surface area (TPSA) is 47.9 Å². The van der Waals surface area contributed by atoms with Gasteiger partial charge in [0.1, 0.15) is 0 Å². The molecule has 1 aromatic carbocycles. The zero-order valence-electron chi connectivity index (χ0n) is 10.6. The van der Waals surface area contributed by atoms with Crippen LogP contribution in [0.2, 0.25) is 0 Å². The fourth-order valence-electron chi connectivity index (χ4n) is 1.59. The smallest absolute Gasteiger partial charge is 0.325 e. The molecule has 0 N–H and O–H groups in total. The summed E-state index contributed by atoms with van der Waals surface area (Å²) >= 11 is 7.38. The molecule has 1 fully saturated rings. The largest absolute Gasteiger partial charge is 0.465 e. The number of hydrogen-bond donors (Lipinski definition) is 0. The number of benzene rings is 1. The normalized spacial score (nSPS) is 28.2. The number of para-hydroxylation sites is 1. The molecule has 0 aromatic heterocycles. The summed E-state index contributed by atoms with van der Waals surface area (Å²) in [7, 11) is 0. The zero-order chi connectivity index (χ0) is 13.9. The highest BCUT2D eigenvalue weighted by atomic mass is 35.5. The van der Waals surface area contributed by atoms with Crippen LogP contribution in [0.3, 0.4) is 0 Å². The molecule has 2 unspecified atom stereocenters. The second-order valence-corrected chi connectivity index (χ2v) is 5.86. The maximum Gasteiger partial charge on any atom is 0.325 e. The van der Waals surface area contributed by atoms with Gasteiger partial charge in [-0.1, -0.05) is 29.8 Å². The molecule has 0 aliphatic carbocycles. The van der Waals surface area contributed by atoms with E-state index in [2.05, 4.69) is 4.99 Å². The summed E-state index contributed by atoms with van der Waals surface area (Å²) in [5.41, 5.74) is 0.752. The minimum atomic E-state index is -1.13. The van der Waals surface area contributed by atoms with Gasteiger partial charge in [0.15, 0.2) is 5.25 Å². The van der Waals surface area contributed by atoms with E-state index in [1.165, 1.54) is 11.8 Å². The van der Waals surface area contributed by atoms with Crippen molar-refractivity contribution in [2.24, 2.45) is 4.99 Å². The number of carbonyl (C=O) groups excluding carboxylic acids is 1. The van der Waals surface area contributed by atoms with Gasteiger partial charge in [0, 0.05) is 0 Å². The second kappa shape index (κ2) is 5.84. The van der Waals surface area contributed by atoms with Crippen LogP contribution >= 0.6 is 23.4 Å².